The van der Waals surface area contributed by atoms with Gasteiger partial charge in [-0.05, 0) is 36.6 Å². The summed E-state index contributed by atoms with van der Waals surface area (Å²) in [6.45, 7) is 1.66. The Morgan fingerprint density at radius 2 is 2.27 bits per heavy atom. The van der Waals surface area contributed by atoms with E-state index in [1.54, 1.807) is 35.4 Å². The van der Waals surface area contributed by atoms with E-state index in [0.717, 1.165) is 18.4 Å². The summed E-state index contributed by atoms with van der Waals surface area (Å²) in [5.41, 5.74) is 7.94. The Bertz CT molecular complexity index is 925. The maximum atomic E-state index is 12.9. The monoisotopic (exact) mass is 352 g/mol. The van der Waals surface area contributed by atoms with Crippen molar-refractivity contribution in [2.24, 2.45) is 0 Å². The standard InChI is InChI=1S/C18H20N6O2/c19-16-10-13(4-6-20-16)2-3-14-12-23(8-9-26-14)18(25)15-11-22-24-7-1-5-21-17(15)24/h1,4-7,10-11,14H,2-3,8-9,12H2,(H2,19,20)/t14-/m1/s1. The molecule has 0 bridgehead atoms. The van der Waals surface area contributed by atoms with Gasteiger partial charge in [-0.1, -0.05) is 0 Å². The van der Waals surface area contributed by atoms with Gasteiger partial charge in [0.15, 0.2) is 5.65 Å². The minimum absolute atomic E-state index is 0.00288. The molecule has 0 aromatic carbocycles. The normalized spacial score (nSPS) is 17.5. The molecule has 8 heteroatoms. The van der Waals surface area contributed by atoms with Crippen LogP contribution in [0.15, 0.2) is 43.0 Å². The highest BCUT2D eigenvalue weighted by Crippen LogP contribution is 2.17. The molecule has 1 fully saturated rings. The van der Waals surface area contributed by atoms with E-state index in [-0.39, 0.29) is 12.0 Å². The second-order valence-electron chi connectivity index (χ2n) is 6.32. The zero-order valence-corrected chi connectivity index (χ0v) is 14.3. The van der Waals surface area contributed by atoms with Crippen molar-refractivity contribution in [3.8, 4) is 0 Å². The highest BCUT2D eigenvalue weighted by atomic mass is 16.5. The van der Waals surface area contributed by atoms with Crippen LogP contribution in [0.1, 0.15) is 22.3 Å². The van der Waals surface area contributed by atoms with Gasteiger partial charge in [0.2, 0.25) is 0 Å². The van der Waals surface area contributed by atoms with Crippen molar-refractivity contribution >= 4 is 17.4 Å². The van der Waals surface area contributed by atoms with Gasteiger partial charge in [0, 0.05) is 31.7 Å². The molecule has 2 N–H and O–H groups in total. The topological polar surface area (TPSA) is 98.6 Å². The molecule has 4 heterocycles. The van der Waals surface area contributed by atoms with Gasteiger partial charge in [-0.2, -0.15) is 5.10 Å². The fraction of sp³-hybridized carbons (Fsp3) is 0.333. The van der Waals surface area contributed by atoms with Crippen molar-refractivity contribution in [1.82, 2.24) is 24.5 Å². The van der Waals surface area contributed by atoms with Crippen LogP contribution in [0.4, 0.5) is 5.82 Å². The Kier molecular flexibility index (Phi) is 4.49. The number of ether oxygens (including phenoxy) is 1. The van der Waals surface area contributed by atoms with E-state index in [4.69, 9.17) is 10.5 Å². The fourth-order valence-electron chi connectivity index (χ4n) is 3.20. The number of aromatic nitrogens is 4. The van der Waals surface area contributed by atoms with Crippen molar-refractivity contribution < 1.29 is 9.53 Å². The number of amides is 1. The molecular formula is C18H20N6O2. The van der Waals surface area contributed by atoms with E-state index in [9.17, 15) is 4.79 Å². The maximum Gasteiger partial charge on any atom is 0.259 e. The van der Waals surface area contributed by atoms with Gasteiger partial charge in [0.25, 0.3) is 5.91 Å². The first-order chi connectivity index (χ1) is 12.7. The predicted molar refractivity (Wildman–Crippen MR) is 95.6 cm³/mol. The second kappa shape index (κ2) is 7.09. The van der Waals surface area contributed by atoms with Gasteiger partial charge in [0.05, 0.1) is 18.9 Å². The van der Waals surface area contributed by atoms with Gasteiger partial charge in [-0.25, -0.2) is 14.5 Å². The molecule has 0 saturated carbocycles. The third kappa shape index (κ3) is 3.36. The second-order valence-corrected chi connectivity index (χ2v) is 6.32. The highest BCUT2D eigenvalue weighted by molar-refractivity contribution is 5.99. The molecule has 0 spiro atoms. The molecule has 134 valence electrons. The molecule has 3 aromatic heterocycles. The van der Waals surface area contributed by atoms with E-state index >= 15 is 0 Å². The Balaban J connectivity index is 1.42. The summed E-state index contributed by atoms with van der Waals surface area (Å²) >= 11 is 0. The molecular weight excluding hydrogens is 332 g/mol. The summed E-state index contributed by atoms with van der Waals surface area (Å²) < 4.78 is 7.45. The maximum absolute atomic E-state index is 12.9. The molecule has 3 aromatic rings. The number of morpholine rings is 1. The van der Waals surface area contributed by atoms with Gasteiger partial charge in [-0.3, -0.25) is 4.79 Å². The number of rotatable bonds is 4. The lowest BCUT2D eigenvalue weighted by molar-refractivity contribution is -0.0245. The summed E-state index contributed by atoms with van der Waals surface area (Å²) in [6.07, 6.45) is 8.38. The predicted octanol–water partition coefficient (Wildman–Crippen LogP) is 1.18. The third-order valence-electron chi connectivity index (χ3n) is 4.54. The molecule has 26 heavy (non-hydrogen) atoms. The van der Waals surface area contributed by atoms with E-state index in [0.29, 0.717) is 36.7 Å². The van der Waals surface area contributed by atoms with Crippen LogP contribution in [0.5, 0.6) is 0 Å². The van der Waals surface area contributed by atoms with Crippen LogP contribution in [0, 0.1) is 0 Å². The van der Waals surface area contributed by atoms with Crippen molar-refractivity contribution in [2.75, 3.05) is 25.4 Å². The van der Waals surface area contributed by atoms with Crippen LogP contribution < -0.4 is 5.73 Å². The summed E-state index contributed by atoms with van der Waals surface area (Å²) in [5.74, 6) is 0.463. The van der Waals surface area contributed by atoms with E-state index in [1.807, 2.05) is 17.0 Å². The number of carbonyl (C=O) groups is 1. The summed E-state index contributed by atoms with van der Waals surface area (Å²) in [5, 5.41) is 4.20. The summed E-state index contributed by atoms with van der Waals surface area (Å²) in [6, 6.07) is 5.61. The molecule has 8 nitrogen and oxygen atoms in total. The van der Waals surface area contributed by atoms with Crippen LogP contribution in [0.25, 0.3) is 5.65 Å². The summed E-state index contributed by atoms with van der Waals surface area (Å²) in [4.78, 5) is 23.0. The smallest absolute Gasteiger partial charge is 0.259 e. The molecule has 0 unspecified atom stereocenters. The van der Waals surface area contributed by atoms with Crippen LogP contribution in [-0.4, -0.2) is 56.2 Å². The average molecular weight is 352 g/mol. The number of pyridine rings is 1. The molecule has 1 atom stereocenters. The lowest BCUT2D eigenvalue weighted by Gasteiger charge is -2.32. The van der Waals surface area contributed by atoms with Gasteiger partial charge >= 0.3 is 0 Å². The minimum Gasteiger partial charge on any atom is -0.384 e. The van der Waals surface area contributed by atoms with Crippen LogP contribution in [-0.2, 0) is 11.2 Å². The van der Waals surface area contributed by atoms with E-state index in [2.05, 4.69) is 15.1 Å². The number of anilines is 1. The zero-order valence-electron chi connectivity index (χ0n) is 14.3. The Hall–Kier alpha value is -3.00. The first kappa shape index (κ1) is 16.5. The first-order valence-electron chi connectivity index (χ1n) is 8.60. The Labute approximate surface area is 150 Å². The molecule has 1 amide bonds. The third-order valence-corrected chi connectivity index (χ3v) is 4.54. The lowest BCUT2D eigenvalue weighted by Crippen LogP contribution is -2.45. The molecule has 0 radical (unpaired) electrons. The zero-order chi connectivity index (χ0) is 17.9. The number of fused-ring (bicyclic) bond motifs is 1. The Morgan fingerprint density at radius 3 is 3.15 bits per heavy atom. The minimum atomic E-state index is -0.0554. The molecule has 1 aliphatic rings. The van der Waals surface area contributed by atoms with Gasteiger partial charge < -0.3 is 15.4 Å². The largest absolute Gasteiger partial charge is 0.384 e. The fourth-order valence-corrected chi connectivity index (χ4v) is 3.20. The van der Waals surface area contributed by atoms with E-state index in [1.165, 1.54) is 0 Å². The quantitative estimate of drug-likeness (QED) is 0.757. The van der Waals surface area contributed by atoms with Gasteiger partial charge in [0.1, 0.15) is 11.4 Å². The van der Waals surface area contributed by atoms with Crippen molar-refractivity contribution in [2.45, 2.75) is 18.9 Å². The number of aryl methyl sites for hydroxylation is 1. The van der Waals surface area contributed by atoms with Gasteiger partial charge in [-0.15, -0.1) is 0 Å². The highest BCUT2D eigenvalue weighted by Gasteiger charge is 2.27. The molecule has 1 saturated heterocycles. The number of nitrogen functional groups attached to an aromatic ring is 1. The number of nitrogens with zero attached hydrogens (tertiary/aromatic N) is 5. The van der Waals surface area contributed by atoms with Crippen molar-refractivity contribution in [3.05, 3.63) is 54.1 Å². The average Bonchev–Trinajstić information content (AvgIpc) is 3.10. The first-order valence-corrected chi connectivity index (χ1v) is 8.60. The Morgan fingerprint density at radius 1 is 1.35 bits per heavy atom. The number of hydrogen-bond acceptors (Lipinski definition) is 6. The van der Waals surface area contributed by atoms with Crippen LogP contribution >= 0.6 is 0 Å². The van der Waals surface area contributed by atoms with Crippen LogP contribution in [0.3, 0.4) is 0 Å². The molecule has 4 rings (SSSR count). The molecule has 0 aliphatic carbocycles. The number of carbonyl (C=O) groups excluding carboxylic acids is 1. The number of hydrogen-bond donors (Lipinski definition) is 1. The summed E-state index contributed by atoms with van der Waals surface area (Å²) in [7, 11) is 0. The van der Waals surface area contributed by atoms with E-state index < -0.39 is 0 Å². The van der Waals surface area contributed by atoms with Crippen molar-refractivity contribution in [1.29, 1.82) is 0 Å². The molecule has 1 aliphatic heterocycles. The SMILES string of the molecule is Nc1cc(CC[C@@H]2CN(C(=O)c3cnn4cccnc34)CCO2)ccn1. The lowest BCUT2D eigenvalue weighted by atomic mass is 10.1. The van der Waals surface area contributed by atoms with Crippen molar-refractivity contribution in [3.63, 3.8) is 0 Å². The van der Waals surface area contributed by atoms with Crippen LogP contribution in [0.2, 0.25) is 0 Å². The number of nitrogens with two attached hydrogens (primary N) is 1.